The first-order valence-corrected chi connectivity index (χ1v) is 10.2. The molecule has 0 aliphatic heterocycles. The molecule has 29 heavy (non-hydrogen) atoms. The Morgan fingerprint density at radius 2 is 1.93 bits per heavy atom. The zero-order valence-corrected chi connectivity index (χ0v) is 17.6. The molecule has 0 bridgehead atoms. The molecule has 0 atom stereocenters. The summed E-state index contributed by atoms with van der Waals surface area (Å²) in [4.78, 5) is 29.8. The van der Waals surface area contributed by atoms with E-state index in [1.807, 2.05) is 24.3 Å². The lowest BCUT2D eigenvalue weighted by molar-refractivity contribution is -0.115. The summed E-state index contributed by atoms with van der Waals surface area (Å²) >= 11 is 4.73. The summed E-state index contributed by atoms with van der Waals surface area (Å²) in [6.45, 7) is -0.158. The van der Waals surface area contributed by atoms with Crippen molar-refractivity contribution in [2.75, 3.05) is 11.9 Å². The maximum Gasteiger partial charge on any atom is 0.252 e. The van der Waals surface area contributed by atoms with E-state index in [4.69, 9.17) is 6.42 Å². The van der Waals surface area contributed by atoms with E-state index in [0.29, 0.717) is 16.8 Å². The number of terminal acetylenes is 1. The van der Waals surface area contributed by atoms with Crippen LogP contribution in [0, 0.1) is 12.3 Å². The van der Waals surface area contributed by atoms with Crippen molar-refractivity contribution in [2.24, 2.45) is 0 Å². The number of halogens is 1. The molecule has 3 aromatic rings. The molecule has 0 radical (unpaired) electrons. The van der Waals surface area contributed by atoms with E-state index in [1.54, 1.807) is 42.6 Å². The number of hydrogen-bond donors (Lipinski definition) is 2. The van der Waals surface area contributed by atoms with Gasteiger partial charge in [0.1, 0.15) is 5.03 Å². The largest absolute Gasteiger partial charge is 0.343 e. The topological polar surface area (TPSA) is 71.1 Å². The van der Waals surface area contributed by atoms with E-state index in [1.165, 1.54) is 11.8 Å². The van der Waals surface area contributed by atoms with Crippen molar-refractivity contribution in [1.29, 1.82) is 0 Å². The molecule has 0 saturated carbocycles. The van der Waals surface area contributed by atoms with E-state index in [-0.39, 0.29) is 18.4 Å². The second-order valence-electron chi connectivity index (χ2n) is 5.87. The number of carbonyl (C=O) groups excluding carboxylic acids is 2. The highest BCUT2D eigenvalue weighted by Gasteiger charge is 2.14. The summed E-state index contributed by atoms with van der Waals surface area (Å²) in [6, 6.07) is 17.9. The quantitative estimate of drug-likeness (QED) is 0.531. The van der Waals surface area contributed by atoms with Gasteiger partial charge in [0.05, 0.1) is 12.1 Å². The van der Waals surface area contributed by atoms with Crippen LogP contribution in [0.3, 0.4) is 0 Å². The number of aromatic nitrogens is 1. The van der Waals surface area contributed by atoms with Crippen LogP contribution in [-0.4, -0.2) is 23.3 Å². The van der Waals surface area contributed by atoms with Gasteiger partial charge in [-0.15, -0.1) is 6.42 Å². The number of amides is 2. The Morgan fingerprint density at radius 1 is 1.10 bits per heavy atom. The van der Waals surface area contributed by atoms with Crippen molar-refractivity contribution in [3.05, 3.63) is 82.5 Å². The van der Waals surface area contributed by atoms with Gasteiger partial charge in [0.15, 0.2) is 0 Å². The lowest BCUT2D eigenvalue weighted by Crippen LogP contribution is -2.33. The zero-order valence-electron chi connectivity index (χ0n) is 15.2. The van der Waals surface area contributed by atoms with Crippen molar-refractivity contribution in [1.82, 2.24) is 10.3 Å². The standard InChI is InChI=1S/C22H16BrN3O2S/c1-2-15-6-5-7-17(12-15)26-20(27)14-25-22(28)18-8-3-4-9-19(18)29-21-11-10-16(23)13-24-21/h1,3-13H,14H2,(H,25,28)(H,26,27). The SMILES string of the molecule is C#Cc1cccc(NC(=O)CNC(=O)c2ccccc2Sc2ccc(Br)cn2)c1. The smallest absolute Gasteiger partial charge is 0.252 e. The second-order valence-corrected chi connectivity index (χ2v) is 7.85. The maximum atomic E-state index is 12.6. The molecule has 1 heterocycles. The van der Waals surface area contributed by atoms with Crippen LogP contribution < -0.4 is 10.6 Å². The predicted octanol–water partition coefficient (Wildman–Crippen LogP) is 4.35. The molecule has 0 saturated heterocycles. The van der Waals surface area contributed by atoms with E-state index >= 15 is 0 Å². The van der Waals surface area contributed by atoms with Crippen molar-refractivity contribution in [3.8, 4) is 12.3 Å². The highest BCUT2D eigenvalue weighted by Crippen LogP contribution is 2.29. The van der Waals surface area contributed by atoms with Crippen LogP contribution in [0.2, 0.25) is 0 Å². The summed E-state index contributed by atoms with van der Waals surface area (Å²) in [5, 5.41) is 6.13. The fraction of sp³-hybridized carbons (Fsp3) is 0.0455. The van der Waals surface area contributed by atoms with E-state index in [2.05, 4.69) is 37.5 Å². The van der Waals surface area contributed by atoms with Gasteiger partial charge in [-0.05, 0) is 58.4 Å². The molecule has 0 fully saturated rings. The van der Waals surface area contributed by atoms with Crippen molar-refractivity contribution in [3.63, 3.8) is 0 Å². The van der Waals surface area contributed by atoms with Gasteiger partial charge in [0, 0.05) is 26.8 Å². The van der Waals surface area contributed by atoms with E-state index in [9.17, 15) is 9.59 Å². The third-order valence-electron chi connectivity index (χ3n) is 3.77. The fourth-order valence-corrected chi connectivity index (χ4v) is 3.54. The number of rotatable bonds is 6. The first kappa shape index (κ1) is 20.6. The molecule has 0 aliphatic carbocycles. The summed E-state index contributed by atoms with van der Waals surface area (Å²) < 4.78 is 0.881. The molecule has 2 amide bonds. The van der Waals surface area contributed by atoms with E-state index in [0.717, 1.165) is 14.4 Å². The Balaban J connectivity index is 1.62. The molecule has 7 heteroatoms. The van der Waals surface area contributed by atoms with Crippen molar-refractivity contribution >= 4 is 45.2 Å². The molecule has 0 aliphatic rings. The summed E-state index contributed by atoms with van der Waals surface area (Å²) in [7, 11) is 0. The Morgan fingerprint density at radius 3 is 2.69 bits per heavy atom. The van der Waals surface area contributed by atoms with Crippen LogP contribution in [0.25, 0.3) is 0 Å². The first-order chi connectivity index (χ1) is 14.0. The van der Waals surface area contributed by atoms with Crippen LogP contribution >= 0.6 is 27.7 Å². The summed E-state index contributed by atoms with van der Waals surface area (Å²) in [5.41, 5.74) is 1.72. The molecule has 2 N–H and O–H groups in total. The minimum atomic E-state index is -0.341. The molecular weight excluding hydrogens is 450 g/mol. The highest BCUT2D eigenvalue weighted by atomic mass is 79.9. The van der Waals surface area contributed by atoms with Gasteiger partial charge in [0.25, 0.3) is 5.91 Å². The van der Waals surface area contributed by atoms with Crippen LogP contribution in [0.15, 0.2) is 81.3 Å². The molecule has 5 nitrogen and oxygen atoms in total. The van der Waals surface area contributed by atoms with Gasteiger partial charge in [-0.25, -0.2) is 4.98 Å². The average molecular weight is 466 g/mol. The van der Waals surface area contributed by atoms with Crippen molar-refractivity contribution in [2.45, 2.75) is 9.92 Å². The minimum absolute atomic E-state index is 0.158. The number of anilines is 1. The van der Waals surface area contributed by atoms with Gasteiger partial charge >= 0.3 is 0 Å². The number of benzene rings is 2. The number of carbonyl (C=O) groups is 2. The fourth-order valence-electron chi connectivity index (χ4n) is 2.43. The number of nitrogens with one attached hydrogen (secondary N) is 2. The van der Waals surface area contributed by atoms with E-state index < -0.39 is 0 Å². The van der Waals surface area contributed by atoms with Crippen molar-refractivity contribution < 1.29 is 9.59 Å². The second kappa shape index (κ2) is 9.92. The first-order valence-electron chi connectivity index (χ1n) is 8.58. The zero-order chi connectivity index (χ0) is 20.6. The molecule has 0 unspecified atom stereocenters. The number of nitrogens with zero attached hydrogens (tertiary/aromatic N) is 1. The Kier molecular flexibility index (Phi) is 7.06. The number of hydrogen-bond acceptors (Lipinski definition) is 4. The highest BCUT2D eigenvalue weighted by molar-refractivity contribution is 9.10. The van der Waals surface area contributed by atoms with Gasteiger partial charge in [-0.1, -0.05) is 35.9 Å². The van der Waals surface area contributed by atoms with Crippen LogP contribution in [0.4, 0.5) is 5.69 Å². The molecule has 0 spiro atoms. The molecule has 3 rings (SSSR count). The summed E-state index contributed by atoms with van der Waals surface area (Å²) in [6.07, 6.45) is 7.06. The Labute approximate surface area is 181 Å². The third kappa shape index (κ3) is 5.95. The third-order valence-corrected chi connectivity index (χ3v) is 5.26. The molecule has 2 aromatic carbocycles. The number of pyridine rings is 1. The monoisotopic (exact) mass is 465 g/mol. The Bertz CT molecular complexity index is 1080. The predicted molar refractivity (Wildman–Crippen MR) is 118 cm³/mol. The van der Waals surface area contributed by atoms with Gasteiger partial charge in [-0.3, -0.25) is 9.59 Å². The molecule has 144 valence electrons. The lowest BCUT2D eigenvalue weighted by atomic mass is 10.2. The van der Waals surface area contributed by atoms with Gasteiger partial charge in [-0.2, -0.15) is 0 Å². The van der Waals surface area contributed by atoms with Crippen LogP contribution in [0.1, 0.15) is 15.9 Å². The Hall–Kier alpha value is -3.08. The lowest BCUT2D eigenvalue weighted by Gasteiger charge is -2.10. The van der Waals surface area contributed by atoms with Gasteiger partial charge in [0.2, 0.25) is 5.91 Å². The molecular formula is C22H16BrN3O2S. The maximum absolute atomic E-state index is 12.6. The van der Waals surface area contributed by atoms with Crippen LogP contribution in [0.5, 0.6) is 0 Å². The minimum Gasteiger partial charge on any atom is -0.343 e. The van der Waals surface area contributed by atoms with Gasteiger partial charge < -0.3 is 10.6 Å². The average Bonchev–Trinajstić information content (AvgIpc) is 2.74. The summed E-state index contributed by atoms with van der Waals surface area (Å²) in [5.74, 6) is 1.83. The normalized spacial score (nSPS) is 10.1. The van der Waals surface area contributed by atoms with Crippen LogP contribution in [-0.2, 0) is 4.79 Å². The molecule has 1 aromatic heterocycles.